The first kappa shape index (κ1) is 17.1. The van der Waals surface area contributed by atoms with E-state index in [4.69, 9.17) is 28.3 Å². The third kappa shape index (κ3) is 2.64. The second-order valence-corrected chi connectivity index (χ2v) is 5.63. The molecule has 0 bridgehead atoms. The Labute approximate surface area is 151 Å². The number of nitrogens with zero attached hydrogens (tertiary/aromatic N) is 4. The summed E-state index contributed by atoms with van der Waals surface area (Å²) in [7, 11) is 0. The van der Waals surface area contributed by atoms with Crippen molar-refractivity contribution in [3.8, 4) is 18.0 Å². The predicted molar refractivity (Wildman–Crippen MR) is 92.5 cm³/mol. The van der Waals surface area contributed by atoms with Crippen molar-refractivity contribution >= 4 is 34.9 Å². The van der Waals surface area contributed by atoms with Crippen LogP contribution >= 0.6 is 11.6 Å². The van der Waals surface area contributed by atoms with Gasteiger partial charge in [-0.15, -0.1) is 0 Å². The Balaban J connectivity index is 2.32. The number of phenolic OH excluding ortho intramolecular Hbond substituents is 1. The highest BCUT2D eigenvalue weighted by molar-refractivity contribution is 6.32. The van der Waals surface area contributed by atoms with Crippen molar-refractivity contribution in [3.05, 3.63) is 39.7 Å². The largest absolute Gasteiger partial charge is 0.506 e. The Morgan fingerprint density at radius 1 is 1.35 bits per heavy atom. The number of phenols is 1. The van der Waals surface area contributed by atoms with Gasteiger partial charge >= 0.3 is 0 Å². The second kappa shape index (κ2) is 6.27. The minimum atomic E-state index is -1.09. The van der Waals surface area contributed by atoms with Crippen LogP contribution < -0.4 is 22.1 Å². The Kier molecular flexibility index (Phi) is 4.12. The average molecular weight is 373 g/mol. The fraction of sp³-hybridized carbons (Fsp3) is 0.0667. The summed E-state index contributed by atoms with van der Waals surface area (Å²) in [5, 5.41) is 33.1. The average Bonchev–Trinajstić information content (AvgIpc) is 2.58. The third-order valence-electron chi connectivity index (χ3n) is 3.71. The van der Waals surface area contributed by atoms with E-state index >= 15 is 0 Å². The van der Waals surface area contributed by atoms with Gasteiger partial charge in [0.2, 0.25) is 5.96 Å². The molecule has 1 aromatic carbocycles. The minimum Gasteiger partial charge on any atom is -0.506 e. The number of fused-ring (bicyclic) bond motifs is 1. The SMILES string of the molecule is N#CNC1=NC(c2cc(F)cc(Cl)c2O)c2c(nc(N)c(C#N)c2N)N1. The molecule has 0 saturated heterocycles. The fourth-order valence-corrected chi connectivity index (χ4v) is 2.81. The molecule has 130 valence electrons. The Morgan fingerprint density at radius 2 is 2.08 bits per heavy atom. The highest BCUT2D eigenvalue weighted by atomic mass is 35.5. The summed E-state index contributed by atoms with van der Waals surface area (Å²) in [6.07, 6.45) is 1.68. The second-order valence-electron chi connectivity index (χ2n) is 5.23. The van der Waals surface area contributed by atoms with Crippen molar-refractivity contribution in [1.82, 2.24) is 10.3 Å². The molecule has 1 aliphatic heterocycles. The van der Waals surface area contributed by atoms with Gasteiger partial charge in [-0.2, -0.15) is 10.5 Å². The predicted octanol–water partition coefficient (Wildman–Crippen LogP) is 1.56. The van der Waals surface area contributed by atoms with Crippen molar-refractivity contribution < 1.29 is 9.50 Å². The molecule has 0 spiro atoms. The molecule has 26 heavy (non-hydrogen) atoms. The number of aromatic nitrogens is 1. The van der Waals surface area contributed by atoms with E-state index in [-0.39, 0.29) is 45.0 Å². The fourth-order valence-electron chi connectivity index (χ4n) is 2.60. The molecule has 2 heterocycles. The van der Waals surface area contributed by atoms with Crippen LogP contribution in [0.4, 0.5) is 21.7 Å². The van der Waals surface area contributed by atoms with Crippen LogP contribution in [0.2, 0.25) is 5.02 Å². The number of aliphatic imine (C=N–C) groups is 1. The van der Waals surface area contributed by atoms with Crippen LogP contribution in [0.15, 0.2) is 17.1 Å². The number of nitrogens with two attached hydrogens (primary N) is 2. The topological polar surface area (TPSA) is 169 Å². The van der Waals surface area contributed by atoms with Crippen LogP contribution in [0.25, 0.3) is 0 Å². The molecule has 0 saturated carbocycles. The minimum absolute atomic E-state index is 0.0165. The molecule has 0 fully saturated rings. The molecular formula is C15H10ClFN8O. The lowest BCUT2D eigenvalue weighted by molar-refractivity contribution is 0.462. The molecule has 9 nitrogen and oxygen atoms in total. The highest BCUT2D eigenvalue weighted by Crippen LogP contribution is 2.44. The van der Waals surface area contributed by atoms with Crippen LogP contribution in [-0.4, -0.2) is 16.1 Å². The van der Waals surface area contributed by atoms with Gasteiger partial charge in [0.1, 0.15) is 40.9 Å². The van der Waals surface area contributed by atoms with Crippen LogP contribution in [0.3, 0.4) is 0 Å². The van der Waals surface area contributed by atoms with E-state index in [1.165, 1.54) is 0 Å². The van der Waals surface area contributed by atoms with Crippen molar-refractivity contribution in [2.75, 3.05) is 16.8 Å². The summed E-state index contributed by atoms with van der Waals surface area (Å²) >= 11 is 5.85. The maximum Gasteiger partial charge on any atom is 0.211 e. The molecule has 11 heteroatoms. The molecule has 1 unspecified atom stereocenters. The van der Waals surface area contributed by atoms with Crippen LogP contribution in [-0.2, 0) is 0 Å². The van der Waals surface area contributed by atoms with Gasteiger partial charge in [-0.25, -0.2) is 14.4 Å². The molecule has 3 rings (SSSR count). The number of nitrogens with one attached hydrogen (secondary N) is 2. The summed E-state index contributed by atoms with van der Waals surface area (Å²) in [5.74, 6) is -1.18. The molecule has 1 aliphatic rings. The van der Waals surface area contributed by atoms with Gasteiger partial charge in [-0.3, -0.25) is 5.32 Å². The molecular weight excluding hydrogens is 363 g/mol. The zero-order chi connectivity index (χ0) is 19.0. The lowest BCUT2D eigenvalue weighted by Gasteiger charge is -2.26. The van der Waals surface area contributed by atoms with E-state index in [9.17, 15) is 14.8 Å². The molecule has 1 aromatic heterocycles. The maximum atomic E-state index is 13.8. The van der Waals surface area contributed by atoms with Gasteiger partial charge in [-0.05, 0) is 12.1 Å². The van der Waals surface area contributed by atoms with Crippen LogP contribution in [0.5, 0.6) is 5.75 Å². The normalized spacial score (nSPS) is 15.1. The first-order valence-electron chi connectivity index (χ1n) is 7.04. The van der Waals surface area contributed by atoms with Crippen LogP contribution in [0, 0.1) is 28.6 Å². The Hall–Kier alpha value is -3.76. The maximum absolute atomic E-state index is 13.8. The number of pyridine rings is 1. The number of anilines is 3. The van der Waals surface area contributed by atoms with Gasteiger partial charge in [-0.1, -0.05) is 11.6 Å². The number of nitriles is 2. The standard InChI is InChI=1S/C15H10ClFN8O/c16-8-2-5(17)1-6(12(8)26)11-9-10(20)7(3-18)13(21)24-14(9)25-15(23-11)22-4-19/h1-2,11,26H,(H6,20,21,22,23,24,25). The summed E-state index contributed by atoms with van der Waals surface area (Å²) < 4.78 is 13.8. The number of hydrogen-bond donors (Lipinski definition) is 5. The van der Waals surface area contributed by atoms with Gasteiger partial charge in [0.05, 0.1) is 10.7 Å². The van der Waals surface area contributed by atoms with Gasteiger partial charge in [0.25, 0.3) is 0 Å². The Morgan fingerprint density at radius 3 is 2.73 bits per heavy atom. The molecule has 2 aromatic rings. The molecule has 1 atom stereocenters. The van der Waals surface area contributed by atoms with Crippen molar-refractivity contribution in [1.29, 1.82) is 10.5 Å². The van der Waals surface area contributed by atoms with E-state index in [1.807, 2.05) is 6.07 Å². The van der Waals surface area contributed by atoms with E-state index in [0.29, 0.717) is 0 Å². The number of halogens is 2. The van der Waals surface area contributed by atoms with Crippen molar-refractivity contribution in [2.45, 2.75) is 6.04 Å². The van der Waals surface area contributed by atoms with E-state index in [1.54, 1.807) is 6.19 Å². The van der Waals surface area contributed by atoms with Gasteiger partial charge < -0.3 is 21.9 Å². The van der Waals surface area contributed by atoms with E-state index < -0.39 is 17.6 Å². The number of aromatic hydroxyl groups is 1. The lowest BCUT2D eigenvalue weighted by atomic mass is 9.94. The summed E-state index contributed by atoms with van der Waals surface area (Å²) in [4.78, 5) is 8.26. The number of hydrogen-bond acceptors (Lipinski definition) is 9. The molecule has 0 aliphatic carbocycles. The smallest absolute Gasteiger partial charge is 0.211 e. The van der Waals surface area contributed by atoms with Gasteiger partial charge in [0.15, 0.2) is 6.19 Å². The molecule has 7 N–H and O–H groups in total. The van der Waals surface area contributed by atoms with Crippen molar-refractivity contribution in [3.63, 3.8) is 0 Å². The first-order valence-corrected chi connectivity index (χ1v) is 7.42. The zero-order valence-corrected chi connectivity index (χ0v) is 13.6. The number of rotatable bonds is 1. The highest BCUT2D eigenvalue weighted by Gasteiger charge is 2.32. The van der Waals surface area contributed by atoms with Gasteiger partial charge in [0, 0.05) is 11.1 Å². The van der Waals surface area contributed by atoms with E-state index in [2.05, 4.69) is 20.6 Å². The molecule has 0 amide bonds. The monoisotopic (exact) mass is 372 g/mol. The number of nitrogen functional groups attached to an aromatic ring is 2. The summed E-state index contributed by atoms with van der Waals surface area (Å²) in [6.45, 7) is 0. The van der Waals surface area contributed by atoms with E-state index in [0.717, 1.165) is 12.1 Å². The first-order chi connectivity index (χ1) is 12.4. The van der Waals surface area contributed by atoms with Crippen molar-refractivity contribution in [2.24, 2.45) is 4.99 Å². The zero-order valence-electron chi connectivity index (χ0n) is 12.9. The third-order valence-corrected chi connectivity index (χ3v) is 4.00. The summed E-state index contributed by atoms with van der Waals surface area (Å²) in [5.41, 5.74) is 11.8. The number of benzene rings is 1. The lowest BCUT2D eigenvalue weighted by Crippen LogP contribution is -2.32. The quantitative estimate of drug-likeness (QED) is 0.371. The summed E-state index contributed by atoms with van der Waals surface area (Å²) in [6, 6.07) is 2.71. The van der Waals surface area contributed by atoms with Crippen LogP contribution in [0.1, 0.15) is 22.7 Å². The number of guanidine groups is 1. The molecule has 0 radical (unpaired) electrons. The Bertz CT molecular complexity index is 1040.